The molecule has 1 aromatic rings. The predicted octanol–water partition coefficient (Wildman–Crippen LogP) is 3.45. The number of hydrogen-bond donors (Lipinski definition) is 1. The van der Waals surface area contributed by atoms with Crippen molar-refractivity contribution < 1.29 is 4.74 Å². The molecule has 108 valence electrons. The van der Waals surface area contributed by atoms with Gasteiger partial charge in [-0.1, -0.05) is 22.0 Å². The first-order chi connectivity index (χ1) is 8.77. The van der Waals surface area contributed by atoms with Gasteiger partial charge in [0.1, 0.15) is 12.4 Å². The van der Waals surface area contributed by atoms with E-state index in [0.717, 1.165) is 10.2 Å². The number of benzene rings is 1. The molecule has 0 aliphatic carbocycles. The van der Waals surface area contributed by atoms with Crippen molar-refractivity contribution in [2.45, 2.75) is 32.4 Å². The molecule has 3 nitrogen and oxygen atoms in total. The van der Waals surface area contributed by atoms with Gasteiger partial charge in [-0.25, -0.2) is 0 Å². The summed E-state index contributed by atoms with van der Waals surface area (Å²) in [5.74, 6) is 0.897. The summed E-state index contributed by atoms with van der Waals surface area (Å²) in [4.78, 5) is 2.17. The molecule has 4 heteroatoms. The van der Waals surface area contributed by atoms with Gasteiger partial charge in [-0.2, -0.15) is 0 Å². The van der Waals surface area contributed by atoms with Gasteiger partial charge < -0.3 is 15.0 Å². The molecular weight excluding hydrogens is 304 g/mol. The minimum absolute atomic E-state index is 0.0173. The molecule has 0 fully saturated rings. The largest absolute Gasteiger partial charge is 0.492 e. The quantitative estimate of drug-likeness (QED) is 0.865. The van der Waals surface area contributed by atoms with E-state index in [2.05, 4.69) is 67.1 Å². The fraction of sp³-hybridized carbons (Fsp3) is 0.600. The van der Waals surface area contributed by atoms with E-state index in [1.807, 2.05) is 19.2 Å². The summed E-state index contributed by atoms with van der Waals surface area (Å²) in [5.41, 5.74) is 1.25. The Morgan fingerprint density at radius 2 is 2.00 bits per heavy atom. The number of rotatable bonds is 6. The van der Waals surface area contributed by atoms with Crippen LogP contribution in [0.3, 0.4) is 0 Å². The Labute approximate surface area is 125 Å². The monoisotopic (exact) mass is 328 g/mol. The molecule has 1 atom stereocenters. The molecule has 0 radical (unpaired) electrons. The smallest absolute Gasteiger partial charge is 0.120 e. The topological polar surface area (TPSA) is 24.5 Å². The van der Waals surface area contributed by atoms with Crippen molar-refractivity contribution in [2.75, 3.05) is 27.7 Å². The average Bonchev–Trinajstić information content (AvgIpc) is 2.35. The maximum absolute atomic E-state index is 5.89. The fourth-order valence-electron chi connectivity index (χ4n) is 1.49. The van der Waals surface area contributed by atoms with Crippen molar-refractivity contribution in [3.63, 3.8) is 0 Å². The van der Waals surface area contributed by atoms with Gasteiger partial charge in [0.15, 0.2) is 0 Å². The molecular formula is C15H25BrN2O. The third-order valence-electron chi connectivity index (χ3n) is 3.67. The molecule has 19 heavy (non-hydrogen) atoms. The van der Waals surface area contributed by atoms with Crippen LogP contribution in [0.1, 0.15) is 32.4 Å². The van der Waals surface area contributed by atoms with Gasteiger partial charge in [0.25, 0.3) is 0 Å². The fourth-order valence-corrected chi connectivity index (χ4v) is 2.19. The molecule has 0 aliphatic heterocycles. The van der Waals surface area contributed by atoms with E-state index in [9.17, 15) is 0 Å². The van der Waals surface area contributed by atoms with Gasteiger partial charge in [-0.05, 0) is 59.6 Å². The van der Waals surface area contributed by atoms with E-state index in [1.165, 1.54) is 5.56 Å². The number of nitrogens with zero attached hydrogens (tertiary/aromatic N) is 1. The molecule has 0 bridgehead atoms. The lowest BCUT2D eigenvalue weighted by atomic mass is 10.1. The molecule has 1 aromatic carbocycles. The Morgan fingerprint density at radius 1 is 1.37 bits per heavy atom. The Bertz CT molecular complexity index is 419. The van der Waals surface area contributed by atoms with Crippen molar-refractivity contribution in [1.82, 2.24) is 10.2 Å². The maximum atomic E-state index is 5.89. The summed E-state index contributed by atoms with van der Waals surface area (Å²) in [5, 5.41) is 3.24. The predicted molar refractivity (Wildman–Crippen MR) is 84.9 cm³/mol. The molecule has 1 rings (SSSR count). The molecule has 0 spiro atoms. The van der Waals surface area contributed by atoms with E-state index in [1.54, 1.807) is 0 Å². The van der Waals surface area contributed by atoms with Crippen LogP contribution >= 0.6 is 15.9 Å². The summed E-state index contributed by atoms with van der Waals surface area (Å²) < 4.78 is 6.97. The van der Waals surface area contributed by atoms with E-state index >= 15 is 0 Å². The second-order valence-electron chi connectivity index (χ2n) is 5.69. The molecule has 0 aromatic heterocycles. The summed E-state index contributed by atoms with van der Waals surface area (Å²) >= 11 is 3.61. The van der Waals surface area contributed by atoms with Crippen LogP contribution in [-0.2, 0) is 0 Å². The molecule has 0 heterocycles. The Balaban J connectivity index is 2.74. The van der Waals surface area contributed by atoms with Crippen molar-refractivity contribution in [2.24, 2.45) is 0 Å². The van der Waals surface area contributed by atoms with Gasteiger partial charge in [-0.3, -0.25) is 0 Å². The van der Waals surface area contributed by atoms with Crippen LogP contribution in [-0.4, -0.2) is 38.2 Å². The number of nitrogens with one attached hydrogen (secondary N) is 1. The zero-order valence-electron chi connectivity index (χ0n) is 12.7. The van der Waals surface area contributed by atoms with Crippen LogP contribution in [0, 0.1) is 0 Å². The van der Waals surface area contributed by atoms with Crippen molar-refractivity contribution in [1.29, 1.82) is 0 Å². The first-order valence-electron chi connectivity index (χ1n) is 6.55. The van der Waals surface area contributed by atoms with Gasteiger partial charge in [0.2, 0.25) is 0 Å². The van der Waals surface area contributed by atoms with E-state index < -0.39 is 0 Å². The minimum Gasteiger partial charge on any atom is -0.492 e. The zero-order valence-corrected chi connectivity index (χ0v) is 14.3. The summed E-state index contributed by atoms with van der Waals surface area (Å²) in [6.07, 6.45) is 0. The maximum Gasteiger partial charge on any atom is 0.120 e. The molecule has 0 amide bonds. The minimum atomic E-state index is 0.0173. The molecule has 0 saturated heterocycles. The molecule has 0 saturated carbocycles. The lowest BCUT2D eigenvalue weighted by Crippen LogP contribution is -2.43. The summed E-state index contributed by atoms with van der Waals surface area (Å²) in [6, 6.07) is 6.49. The summed E-state index contributed by atoms with van der Waals surface area (Å²) in [7, 11) is 6.09. The molecule has 0 aliphatic rings. The van der Waals surface area contributed by atoms with Crippen LogP contribution in [0.25, 0.3) is 0 Å². The van der Waals surface area contributed by atoms with Crippen LogP contribution in [0.15, 0.2) is 22.7 Å². The number of hydrogen-bond acceptors (Lipinski definition) is 3. The zero-order chi connectivity index (χ0) is 14.6. The van der Waals surface area contributed by atoms with Crippen molar-refractivity contribution in [3.05, 3.63) is 28.2 Å². The van der Waals surface area contributed by atoms with Crippen molar-refractivity contribution >= 4 is 15.9 Å². The van der Waals surface area contributed by atoms with E-state index in [4.69, 9.17) is 4.74 Å². The first-order valence-corrected chi connectivity index (χ1v) is 7.34. The third-order valence-corrected chi connectivity index (χ3v) is 4.36. The number of ether oxygens (including phenoxy) is 1. The highest BCUT2D eigenvalue weighted by atomic mass is 79.9. The van der Waals surface area contributed by atoms with E-state index in [-0.39, 0.29) is 5.54 Å². The van der Waals surface area contributed by atoms with Gasteiger partial charge >= 0.3 is 0 Å². The summed E-state index contributed by atoms with van der Waals surface area (Å²) in [6.45, 7) is 7.13. The number of likely N-dealkylation sites (N-methyl/N-ethyl adjacent to an activating group) is 1. The van der Waals surface area contributed by atoms with E-state index in [0.29, 0.717) is 12.6 Å². The van der Waals surface area contributed by atoms with Crippen LogP contribution in [0.5, 0.6) is 5.75 Å². The lowest BCUT2D eigenvalue weighted by molar-refractivity contribution is 0.114. The highest BCUT2D eigenvalue weighted by molar-refractivity contribution is 9.10. The first kappa shape index (κ1) is 16.5. The van der Waals surface area contributed by atoms with Crippen molar-refractivity contribution in [3.8, 4) is 5.75 Å². The standard InChI is InChI=1S/C15H25BrN2O/c1-11(17-4)13-8-7-12(9-14(13)16)19-10-15(2,3)18(5)6/h7-9,11,17H,10H2,1-6H3. The SMILES string of the molecule is CNC(C)c1ccc(OCC(C)(C)N(C)C)cc1Br. The highest BCUT2D eigenvalue weighted by Crippen LogP contribution is 2.28. The third kappa shape index (κ3) is 4.48. The van der Waals surface area contributed by atoms with Crippen LogP contribution in [0.4, 0.5) is 0 Å². The van der Waals surface area contributed by atoms with Gasteiger partial charge in [0, 0.05) is 16.1 Å². The van der Waals surface area contributed by atoms with Gasteiger partial charge in [-0.15, -0.1) is 0 Å². The van der Waals surface area contributed by atoms with Crippen LogP contribution < -0.4 is 10.1 Å². The second-order valence-corrected chi connectivity index (χ2v) is 6.54. The Hall–Kier alpha value is -0.580. The Morgan fingerprint density at radius 3 is 2.47 bits per heavy atom. The number of halogens is 1. The van der Waals surface area contributed by atoms with Gasteiger partial charge in [0.05, 0.1) is 0 Å². The highest BCUT2D eigenvalue weighted by Gasteiger charge is 2.21. The second kappa shape index (κ2) is 6.73. The average molecular weight is 329 g/mol. The normalized spacial score (nSPS) is 13.7. The molecule has 1 unspecified atom stereocenters. The van der Waals surface area contributed by atoms with Crippen LogP contribution in [0.2, 0.25) is 0 Å². The lowest BCUT2D eigenvalue weighted by Gasteiger charge is -2.32. The Kier molecular flexibility index (Phi) is 5.83. The molecule has 1 N–H and O–H groups in total.